The van der Waals surface area contributed by atoms with Gasteiger partial charge in [-0.2, -0.15) is 5.10 Å². The van der Waals surface area contributed by atoms with Crippen molar-refractivity contribution in [3.05, 3.63) is 12.7 Å². The highest BCUT2D eigenvalue weighted by Crippen LogP contribution is 2.19. The summed E-state index contributed by atoms with van der Waals surface area (Å²) < 4.78 is 1.83. The number of aliphatic hydroxyl groups is 1. The quantitative estimate of drug-likeness (QED) is 0.613. The Labute approximate surface area is 153 Å². The Bertz CT molecular complexity index is 547. The molecule has 2 aliphatic rings. The molecule has 0 aromatic carbocycles. The summed E-state index contributed by atoms with van der Waals surface area (Å²) >= 11 is 0. The second kappa shape index (κ2) is 10.2. The largest absolute Gasteiger partial charge is 0.483 e. The average molecular weight is 368 g/mol. The van der Waals surface area contributed by atoms with Crippen LogP contribution in [0.25, 0.3) is 0 Å². The van der Waals surface area contributed by atoms with Gasteiger partial charge in [0.2, 0.25) is 5.91 Å². The monoisotopic (exact) mass is 368 g/mol. The Morgan fingerprint density at radius 2 is 1.92 bits per heavy atom. The molecule has 1 aromatic rings. The van der Waals surface area contributed by atoms with Gasteiger partial charge in [0.25, 0.3) is 6.47 Å². The van der Waals surface area contributed by atoms with Crippen molar-refractivity contribution in [3.8, 4) is 0 Å². The lowest BCUT2D eigenvalue weighted by molar-refractivity contribution is -0.144. The van der Waals surface area contributed by atoms with Crippen LogP contribution in [-0.2, 0) is 16.1 Å². The van der Waals surface area contributed by atoms with Crippen molar-refractivity contribution >= 4 is 12.4 Å². The summed E-state index contributed by atoms with van der Waals surface area (Å²) in [5, 5.41) is 21.1. The molecule has 2 aliphatic heterocycles. The fourth-order valence-electron chi connectivity index (χ4n) is 3.36. The summed E-state index contributed by atoms with van der Waals surface area (Å²) in [7, 11) is 2.01. The highest BCUT2D eigenvalue weighted by Gasteiger charge is 2.35. The SMILES string of the molecule is CN1CC[C@@H](O)[C@H](C(=O)N2CCN(CCn3cncn3)CC2)C1.O=CO. The smallest absolute Gasteiger partial charge is 0.290 e. The number of carbonyl (C=O) groups excluding carboxylic acids is 1. The fourth-order valence-corrected chi connectivity index (χ4v) is 3.36. The number of carboxylic acid groups (broad SMARTS) is 1. The number of piperidine rings is 1. The molecule has 3 heterocycles. The molecular weight excluding hydrogens is 340 g/mol. The third kappa shape index (κ3) is 5.75. The second-order valence-electron chi connectivity index (χ2n) is 6.66. The van der Waals surface area contributed by atoms with Crippen LogP contribution in [-0.4, -0.2) is 111 Å². The van der Waals surface area contributed by atoms with Gasteiger partial charge < -0.3 is 20.0 Å². The van der Waals surface area contributed by atoms with Crippen molar-refractivity contribution in [2.75, 3.05) is 52.9 Å². The van der Waals surface area contributed by atoms with Crippen LogP contribution in [0.1, 0.15) is 6.42 Å². The number of likely N-dealkylation sites (tertiary alicyclic amines) is 1. The number of aliphatic hydroxyl groups excluding tert-OH is 1. The third-order valence-electron chi connectivity index (χ3n) is 4.89. The summed E-state index contributed by atoms with van der Waals surface area (Å²) in [4.78, 5) is 31.3. The van der Waals surface area contributed by atoms with Crippen molar-refractivity contribution in [1.29, 1.82) is 0 Å². The number of nitrogens with zero attached hydrogens (tertiary/aromatic N) is 6. The lowest BCUT2D eigenvalue weighted by Gasteiger charge is -2.39. The van der Waals surface area contributed by atoms with Crippen molar-refractivity contribution in [2.24, 2.45) is 5.92 Å². The molecule has 0 aliphatic carbocycles. The number of rotatable bonds is 4. The highest BCUT2D eigenvalue weighted by molar-refractivity contribution is 5.80. The minimum Gasteiger partial charge on any atom is -0.483 e. The molecule has 26 heavy (non-hydrogen) atoms. The molecule has 146 valence electrons. The number of piperazine rings is 1. The second-order valence-corrected chi connectivity index (χ2v) is 6.66. The summed E-state index contributed by atoms with van der Waals surface area (Å²) in [6.07, 6.45) is 3.46. The number of amides is 1. The Morgan fingerprint density at radius 1 is 1.23 bits per heavy atom. The summed E-state index contributed by atoms with van der Waals surface area (Å²) in [6.45, 7) is 6.23. The lowest BCUT2D eigenvalue weighted by atomic mass is 9.93. The maximum atomic E-state index is 12.7. The molecule has 0 bridgehead atoms. The van der Waals surface area contributed by atoms with E-state index in [-0.39, 0.29) is 18.3 Å². The predicted octanol–water partition coefficient (Wildman–Crippen LogP) is -1.56. The highest BCUT2D eigenvalue weighted by atomic mass is 16.3. The molecule has 0 radical (unpaired) electrons. The molecule has 2 saturated heterocycles. The molecule has 0 saturated carbocycles. The van der Waals surface area contributed by atoms with E-state index in [0.717, 1.165) is 45.8 Å². The minimum atomic E-state index is -0.496. The van der Waals surface area contributed by atoms with Crippen LogP contribution in [0.5, 0.6) is 0 Å². The van der Waals surface area contributed by atoms with Gasteiger partial charge in [0.15, 0.2) is 0 Å². The molecule has 1 aromatic heterocycles. The van der Waals surface area contributed by atoms with Crippen LogP contribution >= 0.6 is 0 Å². The van der Waals surface area contributed by atoms with Crippen LogP contribution in [0.3, 0.4) is 0 Å². The molecule has 2 N–H and O–H groups in total. The first-order valence-electron chi connectivity index (χ1n) is 8.83. The first kappa shape index (κ1) is 20.3. The van der Waals surface area contributed by atoms with E-state index in [0.29, 0.717) is 13.0 Å². The van der Waals surface area contributed by atoms with E-state index < -0.39 is 6.10 Å². The van der Waals surface area contributed by atoms with Gasteiger partial charge in [-0.05, 0) is 13.5 Å². The normalized spacial score (nSPS) is 24.6. The van der Waals surface area contributed by atoms with Gasteiger partial charge in [-0.3, -0.25) is 19.2 Å². The minimum absolute atomic E-state index is 0.111. The lowest BCUT2D eigenvalue weighted by Crippen LogP contribution is -2.55. The van der Waals surface area contributed by atoms with Gasteiger partial charge in [-0.1, -0.05) is 0 Å². The maximum absolute atomic E-state index is 12.7. The zero-order valence-corrected chi connectivity index (χ0v) is 15.1. The average Bonchev–Trinajstić information content (AvgIpc) is 3.16. The third-order valence-corrected chi connectivity index (χ3v) is 4.89. The Morgan fingerprint density at radius 3 is 2.54 bits per heavy atom. The van der Waals surface area contributed by atoms with Gasteiger partial charge >= 0.3 is 0 Å². The van der Waals surface area contributed by atoms with E-state index in [1.807, 2.05) is 16.6 Å². The number of hydrogen-bond acceptors (Lipinski definition) is 7. The molecule has 0 spiro atoms. The van der Waals surface area contributed by atoms with E-state index >= 15 is 0 Å². The van der Waals surface area contributed by atoms with E-state index in [2.05, 4.69) is 19.9 Å². The molecule has 2 fully saturated rings. The molecule has 0 unspecified atom stereocenters. The zero-order valence-electron chi connectivity index (χ0n) is 15.1. The van der Waals surface area contributed by atoms with Crippen LogP contribution in [0.2, 0.25) is 0 Å². The molecule has 10 nitrogen and oxygen atoms in total. The first-order chi connectivity index (χ1) is 12.5. The fraction of sp³-hybridized carbons (Fsp3) is 0.750. The van der Waals surface area contributed by atoms with E-state index in [4.69, 9.17) is 9.90 Å². The van der Waals surface area contributed by atoms with Gasteiger partial charge in [0.1, 0.15) is 12.7 Å². The predicted molar refractivity (Wildman–Crippen MR) is 93.3 cm³/mol. The van der Waals surface area contributed by atoms with E-state index in [1.54, 1.807) is 12.7 Å². The van der Waals surface area contributed by atoms with Crippen LogP contribution in [0, 0.1) is 5.92 Å². The van der Waals surface area contributed by atoms with Crippen molar-refractivity contribution < 1.29 is 19.8 Å². The summed E-state index contributed by atoms with van der Waals surface area (Å²) in [6, 6.07) is 0. The number of hydrogen-bond donors (Lipinski definition) is 2. The molecule has 2 atom stereocenters. The zero-order chi connectivity index (χ0) is 18.9. The summed E-state index contributed by atoms with van der Waals surface area (Å²) in [5.41, 5.74) is 0. The van der Waals surface area contributed by atoms with Gasteiger partial charge in [-0.25, -0.2) is 4.98 Å². The molecule has 3 rings (SSSR count). The van der Waals surface area contributed by atoms with Crippen molar-refractivity contribution in [1.82, 2.24) is 29.5 Å². The van der Waals surface area contributed by atoms with Gasteiger partial charge in [-0.15, -0.1) is 0 Å². The molecule has 1 amide bonds. The van der Waals surface area contributed by atoms with E-state index in [9.17, 15) is 9.90 Å². The first-order valence-corrected chi connectivity index (χ1v) is 8.83. The van der Waals surface area contributed by atoms with Crippen molar-refractivity contribution in [3.63, 3.8) is 0 Å². The Balaban J connectivity index is 0.000000758. The van der Waals surface area contributed by atoms with E-state index in [1.165, 1.54) is 0 Å². The molecular formula is C16H28N6O4. The van der Waals surface area contributed by atoms with Crippen molar-refractivity contribution in [2.45, 2.75) is 19.1 Å². The Kier molecular flexibility index (Phi) is 7.95. The van der Waals surface area contributed by atoms with Crippen LogP contribution in [0.4, 0.5) is 0 Å². The van der Waals surface area contributed by atoms with Gasteiger partial charge in [0, 0.05) is 45.8 Å². The van der Waals surface area contributed by atoms with Crippen LogP contribution in [0.15, 0.2) is 12.7 Å². The molecule has 10 heteroatoms. The standard InChI is InChI=1S/C15H26N6O2.CH2O2/c1-18-3-2-14(22)13(10-18)15(23)20-7-4-19(5-8-20)6-9-21-12-16-11-17-21;2-1-3/h11-14,22H,2-10H2,1H3;1H,(H,2,3)/t13-,14-;/m1./s1. The topological polar surface area (TPSA) is 115 Å². The van der Waals surface area contributed by atoms with Crippen LogP contribution < -0.4 is 0 Å². The summed E-state index contributed by atoms with van der Waals surface area (Å²) in [5.74, 6) is -0.157. The number of carbonyl (C=O) groups is 2. The number of aromatic nitrogens is 3. The Hall–Kier alpha value is -2.04. The van der Waals surface area contributed by atoms with Gasteiger partial charge in [0.05, 0.1) is 18.6 Å². The maximum Gasteiger partial charge on any atom is 0.290 e.